The quantitative estimate of drug-likeness (QED) is 0.563. The largest absolute Gasteiger partial charge is 0.461 e. The molecule has 1 fully saturated rings. The third-order valence-electron chi connectivity index (χ3n) is 3.96. The molecule has 1 aliphatic rings. The van der Waals surface area contributed by atoms with Crippen molar-refractivity contribution >= 4 is 42.7 Å². The summed E-state index contributed by atoms with van der Waals surface area (Å²) < 4.78 is 34.0. The number of fused-ring (bicyclic) bond motifs is 1. The SMILES string of the molecule is O=C(CC1CCS(=O)(=O)C1)OCc1cc(=O)oc2cc(Br)ccc12. The van der Waals surface area contributed by atoms with Gasteiger partial charge in [-0.2, -0.15) is 0 Å². The standard InChI is InChI=1S/C16H15BrO6S/c17-12-1-2-13-11(6-16(19)23-14(13)7-12)8-22-15(18)5-10-3-4-24(20,21)9-10/h1-2,6-7,10H,3-5,8-9H2. The highest BCUT2D eigenvalue weighted by atomic mass is 79.9. The fraction of sp³-hybridized carbons (Fsp3) is 0.375. The molecule has 8 heteroatoms. The van der Waals surface area contributed by atoms with E-state index in [1.165, 1.54) is 6.07 Å². The Balaban J connectivity index is 1.69. The van der Waals surface area contributed by atoms with E-state index in [0.29, 0.717) is 23.0 Å². The Morgan fingerprint density at radius 2 is 2.12 bits per heavy atom. The summed E-state index contributed by atoms with van der Waals surface area (Å²) in [5.41, 5.74) is 0.444. The highest BCUT2D eigenvalue weighted by Crippen LogP contribution is 2.24. The van der Waals surface area contributed by atoms with Gasteiger partial charge in [0.15, 0.2) is 9.84 Å². The van der Waals surface area contributed by atoms with Crippen molar-refractivity contribution in [3.63, 3.8) is 0 Å². The molecule has 6 nitrogen and oxygen atoms in total. The van der Waals surface area contributed by atoms with Crippen LogP contribution >= 0.6 is 15.9 Å². The molecule has 2 heterocycles. The van der Waals surface area contributed by atoms with Crippen molar-refractivity contribution in [2.45, 2.75) is 19.4 Å². The van der Waals surface area contributed by atoms with E-state index in [9.17, 15) is 18.0 Å². The molecule has 1 saturated heterocycles. The summed E-state index contributed by atoms with van der Waals surface area (Å²) in [6.45, 7) is -0.0535. The van der Waals surface area contributed by atoms with Gasteiger partial charge < -0.3 is 9.15 Å². The topological polar surface area (TPSA) is 90.6 Å². The van der Waals surface area contributed by atoms with Crippen LogP contribution in [0.1, 0.15) is 18.4 Å². The van der Waals surface area contributed by atoms with Crippen LogP contribution in [0.3, 0.4) is 0 Å². The molecule has 24 heavy (non-hydrogen) atoms. The summed E-state index contributed by atoms with van der Waals surface area (Å²) >= 11 is 3.31. The molecule has 0 amide bonds. The molecule has 128 valence electrons. The zero-order valence-corrected chi connectivity index (χ0v) is 15.1. The first-order valence-electron chi connectivity index (χ1n) is 7.41. The molecule has 0 aliphatic carbocycles. The number of benzene rings is 1. The number of hydrogen-bond acceptors (Lipinski definition) is 6. The number of esters is 1. The van der Waals surface area contributed by atoms with Crippen molar-refractivity contribution in [2.75, 3.05) is 11.5 Å². The average molecular weight is 415 g/mol. The summed E-state index contributed by atoms with van der Waals surface area (Å²) in [6.07, 6.45) is 0.563. The summed E-state index contributed by atoms with van der Waals surface area (Å²) in [5.74, 6) is -0.482. The second-order valence-corrected chi connectivity index (χ2v) is 9.01. The third-order valence-corrected chi connectivity index (χ3v) is 6.29. The molecule has 1 aromatic heterocycles. The first-order chi connectivity index (χ1) is 11.3. The molecular formula is C16H15BrO6S. The van der Waals surface area contributed by atoms with Crippen molar-refractivity contribution < 1.29 is 22.4 Å². The van der Waals surface area contributed by atoms with Gasteiger partial charge in [-0.05, 0) is 30.5 Å². The molecule has 3 rings (SSSR count). The molecule has 1 unspecified atom stereocenters. The second-order valence-electron chi connectivity index (χ2n) is 5.87. The zero-order chi connectivity index (χ0) is 17.3. The fourth-order valence-electron chi connectivity index (χ4n) is 2.81. The van der Waals surface area contributed by atoms with Gasteiger partial charge in [0.25, 0.3) is 0 Å². The Morgan fingerprint density at radius 3 is 2.83 bits per heavy atom. The number of halogens is 1. The first kappa shape index (κ1) is 17.2. The lowest BCUT2D eigenvalue weighted by atomic mass is 10.1. The Hall–Kier alpha value is -1.67. The minimum Gasteiger partial charge on any atom is -0.461 e. The maximum absolute atomic E-state index is 11.9. The van der Waals surface area contributed by atoms with Crippen molar-refractivity contribution in [1.29, 1.82) is 0 Å². The van der Waals surface area contributed by atoms with E-state index in [0.717, 1.165) is 4.47 Å². The Bertz CT molecular complexity index is 947. The van der Waals surface area contributed by atoms with Gasteiger partial charge in [0.2, 0.25) is 0 Å². The van der Waals surface area contributed by atoms with E-state index in [2.05, 4.69) is 15.9 Å². The van der Waals surface area contributed by atoms with Crippen molar-refractivity contribution in [3.8, 4) is 0 Å². The van der Waals surface area contributed by atoms with E-state index in [1.54, 1.807) is 18.2 Å². The molecule has 1 aromatic carbocycles. The molecule has 0 bridgehead atoms. The van der Waals surface area contributed by atoms with Gasteiger partial charge in [-0.15, -0.1) is 0 Å². The molecule has 0 saturated carbocycles. The van der Waals surface area contributed by atoms with Crippen LogP contribution < -0.4 is 5.63 Å². The van der Waals surface area contributed by atoms with Gasteiger partial charge >= 0.3 is 11.6 Å². The lowest BCUT2D eigenvalue weighted by molar-refractivity contribution is -0.145. The van der Waals surface area contributed by atoms with E-state index in [4.69, 9.17) is 9.15 Å². The predicted octanol–water partition coefficient (Wildman–Crippen LogP) is 2.42. The maximum atomic E-state index is 11.9. The van der Waals surface area contributed by atoms with Crippen molar-refractivity contribution in [1.82, 2.24) is 0 Å². The van der Waals surface area contributed by atoms with Gasteiger partial charge in [0.05, 0.1) is 11.5 Å². The van der Waals surface area contributed by atoms with Crippen molar-refractivity contribution in [2.24, 2.45) is 5.92 Å². The van der Waals surface area contributed by atoms with Gasteiger partial charge in [-0.3, -0.25) is 4.79 Å². The van der Waals surface area contributed by atoms with Crippen LogP contribution in [-0.4, -0.2) is 25.9 Å². The van der Waals surface area contributed by atoms with Crippen LogP contribution in [0.5, 0.6) is 0 Å². The third kappa shape index (κ3) is 4.05. The molecular weight excluding hydrogens is 400 g/mol. The normalized spacial score (nSPS) is 19.5. The minimum absolute atomic E-state index is 0.0357. The van der Waals surface area contributed by atoms with E-state index >= 15 is 0 Å². The lowest BCUT2D eigenvalue weighted by Crippen LogP contribution is -2.13. The average Bonchev–Trinajstić information content (AvgIpc) is 2.83. The van der Waals surface area contributed by atoms with Crippen LogP contribution in [0.2, 0.25) is 0 Å². The lowest BCUT2D eigenvalue weighted by Gasteiger charge is -2.09. The monoisotopic (exact) mass is 414 g/mol. The van der Waals surface area contributed by atoms with Crippen molar-refractivity contribution in [3.05, 3.63) is 44.7 Å². The smallest absolute Gasteiger partial charge is 0.336 e. The number of sulfone groups is 1. The minimum atomic E-state index is -3.01. The number of carbonyl (C=O) groups excluding carboxylic acids is 1. The summed E-state index contributed by atoms with van der Waals surface area (Å²) in [6, 6.07) is 6.54. The molecule has 0 spiro atoms. The van der Waals surface area contributed by atoms with E-state index in [1.807, 2.05) is 0 Å². The molecule has 2 aromatic rings. The zero-order valence-electron chi connectivity index (χ0n) is 12.7. The van der Waals surface area contributed by atoms with Gasteiger partial charge in [-0.1, -0.05) is 15.9 Å². The number of ether oxygens (including phenoxy) is 1. The van der Waals surface area contributed by atoms with Crippen LogP contribution in [0, 0.1) is 5.92 Å². The fourth-order valence-corrected chi connectivity index (χ4v) is 5.01. The maximum Gasteiger partial charge on any atom is 0.336 e. The van der Waals surface area contributed by atoms with Crippen LogP contribution in [0.25, 0.3) is 11.0 Å². The Labute approximate surface area is 146 Å². The summed E-state index contributed by atoms with van der Waals surface area (Å²) in [4.78, 5) is 23.6. The first-order valence-corrected chi connectivity index (χ1v) is 10.0. The van der Waals surface area contributed by atoms with E-state index < -0.39 is 21.4 Å². The highest BCUT2D eigenvalue weighted by Gasteiger charge is 2.29. The van der Waals surface area contributed by atoms with Crippen LogP contribution in [0.4, 0.5) is 0 Å². The molecule has 1 aliphatic heterocycles. The van der Waals surface area contributed by atoms with Crippen LogP contribution in [0.15, 0.2) is 37.9 Å². The Morgan fingerprint density at radius 1 is 1.33 bits per heavy atom. The Kier molecular flexibility index (Phi) is 4.78. The van der Waals surface area contributed by atoms with Gasteiger partial charge in [-0.25, -0.2) is 13.2 Å². The number of carbonyl (C=O) groups is 1. The number of rotatable bonds is 4. The summed E-state index contributed by atoms with van der Waals surface area (Å²) in [7, 11) is -3.01. The molecule has 0 N–H and O–H groups in total. The van der Waals surface area contributed by atoms with Gasteiger partial charge in [0.1, 0.15) is 12.2 Å². The van der Waals surface area contributed by atoms with Crippen LogP contribution in [-0.2, 0) is 26.0 Å². The number of hydrogen-bond donors (Lipinski definition) is 0. The molecule has 1 atom stereocenters. The van der Waals surface area contributed by atoms with Gasteiger partial charge in [0, 0.05) is 27.9 Å². The predicted molar refractivity (Wildman–Crippen MR) is 91.4 cm³/mol. The highest BCUT2D eigenvalue weighted by molar-refractivity contribution is 9.10. The molecule has 0 radical (unpaired) electrons. The second kappa shape index (κ2) is 6.68. The summed E-state index contributed by atoms with van der Waals surface area (Å²) in [5, 5.41) is 0.689. The van der Waals surface area contributed by atoms with E-state index in [-0.39, 0.29) is 30.5 Å².